The van der Waals surface area contributed by atoms with E-state index in [4.69, 9.17) is 5.73 Å². The molecule has 0 saturated carbocycles. The number of nitrogens with two attached hydrogens (primary N) is 1. The Morgan fingerprint density at radius 3 is 2.52 bits per heavy atom. The van der Waals surface area contributed by atoms with Crippen LogP contribution in [-0.2, 0) is 16.6 Å². The van der Waals surface area contributed by atoms with Crippen molar-refractivity contribution in [1.82, 2.24) is 19.2 Å². The zero-order valence-corrected chi connectivity index (χ0v) is 17.9. The minimum atomic E-state index is -3.84. The Balaban J connectivity index is 1.47. The summed E-state index contributed by atoms with van der Waals surface area (Å²) >= 11 is 1.60. The molecule has 4 rings (SSSR count). The van der Waals surface area contributed by atoms with E-state index in [0.717, 1.165) is 21.8 Å². The van der Waals surface area contributed by atoms with Crippen molar-refractivity contribution >= 4 is 37.4 Å². The number of hydrogen-bond donors (Lipinski definition) is 1. The number of anilines is 1. The van der Waals surface area contributed by atoms with Crippen LogP contribution in [0.4, 0.5) is 10.2 Å². The second-order valence-corrected chi connectivity index (χ2v) is 10.2. The van der Waals surface area contributed by atoms with E-state index in [-0.39, 0.29) is 18.0 Å². The van der Waals surface area contributed by atoms with Gasteiger partial charge in [0.25, 0.3) is 0 Å². The Morgan fingerprint density at radius 2 is 1.83 bits per heavy atom. The molecule has 7 nitrogen and oxygen atoms in total. The van der Waals surface area contributed by atoms with E-state index in [9.17, 15) is 12.8 Å². The number of nitrogens with zero attached hydrogens (tertiary/aromatic N) is 4. The van der Waals surface area contributed by atoms with Crippen molar-refractivity contribution in [2.75, 3.05) is 31.9 Å². The molecule has 10 heteroatoms. The number of fused-ring (bicyclic) bond motifs is 1. The van der Waals surface area contributed by atoms with Gasteiger partial charge in [0.15, 0.2) is 0 Å². The number of benzene rings is 1. The molecule has 0 aliphatic carbocycles. The van der Waals surface area contributed by atoms with E-state index in [1.165, 1.54) is 27.4 Å². The molecule has 0 bridgehead atoms. The lowest BCUT2D eigenvalue weighted by Gasteiger charge is -2.33. The summed E-state index contributed by atoms with van der Waals surface area (Å²) in [5.74, 6) is 0.378. The lowest BCUT2D eigenvalue weighted by molar-refractivity contribution is 0.178. The van der Waals surface area contributed by atoms with Gasteiger partial charge in [-0.05, 0) is 31.5 Å². The summed E-state index contributed by atoms with van der Waals surface area (Å²) in [7, 11) is -3.84. The Kier molecular flexibility index (Phi) is 5.28. The number of sulfonamides is 1. The van der Waals surface area contributed by atoms with E-state index >= 15 is 0 Å². The highest BCUT2D eigenvalue weighted by molar-refractivity contribution is 7.89. The Morgan fingerprint density at radius 1 is 1.14 bits per heavy atom. The third kappa shape index (κ3) is 3.73. The van der Waals surface area contributed by atoms with E-state index in [0.29, 0.717) is 31.3 Å². The minimum Gasteiger partial charge on any atom is -0.383 e. The van der Waals surface area contributed by atoms with Gasteiger partial charge in [-0.2, -0.15) is 4.31 Å². The van der Waals surface area contributed by atoms with Crippen LogP contribution in [0.2, 0.25) is 0 Å². The molecule has 3 aromatic rings. The van der Waals surface area contributed by atoms with Gasteiger partial charge < -0.3 is 5.73 Å². The average Bonchev–Trinajstić information content (AvgIpc) is 2.96. The molecule has 154 valence electrons. The monoisotopic (exact) mass is 435 g/mol. The molecule has 1 saturated heterocycles. The van der Waals surface area contributed by atoms with Crippen LogP contribution in [-0.4, -0.2) is 53.8 Å². The van der Waals surface area contributed by atoms with Gasteiger partial charge in [-0.25, -0.2) is 22.8 Å². The molecule has 1 aliphatic heterocycles. The molecule has 0 unspecified atom stereocenters. The number of aromatic nitrogens is 2. The third-order valence-corrected chi connectivity index (χ3v) is 8.29. The summed E-state index contributed by atoms with van der Waals surface area (Å²) < 4.78 is 40.7. The average molecular weight is 436 g/mol. The number of halogens is 1. The van der Waals surface area contributed by atoms with Crippen molar-refractivity contribution in [3.8, 4) is 0 Å². The van der Waals surface area contributed by atoms with Crippen LogP contribution in [0.3, 0.4) is 0 Å². The van der Waals surface area contributed by atoms with Crippen molar-refractivity contribution in [3.63, 3.8) is 0 Å². The first-order valence-electron chi connectivity index (χ1n) is 9.26. The Labute approximate surface area is 173 Å². The molecule has 1 aliphatic rings. The quantitative estimate of drug-likeness (QED) is 0.677. The van der Waals surface area contributed by atoms with Gasteiger partial charge in [0.05, 0.1) is 11.9 Å². The molecule has 1 aromatic carbocycles. The normalized spacial score (nSPS) is 16.5. The van der Waals surface area contributed by atoms with Crippen LogP contribution >= 0.6 is 11.3 Å². The zero-order valence-electron chi connectivity index (χ0n) is 16.2. The SMILES string of the molecule is Cc1sc2nc(CN3CCN(S(=O)(=O)c4ccccc4F)CC3)nc(N)c2c1C. The summed E-state index contributed by atoms with van der Waals surface area (Å²) in [4.78, 5) is 12.9. The number of aryl methyl sites for hydroxylation is 2. The molecule has 1 fully saturated rings. The molecule has 0 spiro atoms. The number of rotatable bonds is 4. The first-order valence-corrected chi connectivity index (χ1v) is 11.5. The predicted octanol–water partition coefficient (Wildman–Crippen LogP) is 2.54. The highest BCUT2D eigenvalue weighted by atomic mass is 32.2. The summed E-state index contributed by atoms with van der Waals surface area (Å²) in [6.45, 7) is 6.13. The number of hydrogen-bond acceptors (Lipinski definition) is 7. The zero-order chi connectivity index (χ0) is 20.8. The molecule has 0 radical (unpaired) electrons. The standard InChI is InChI=1S/C19H22FN5O2S2/c1-12-13(2)28-19-17(12)18(21)22-16(23-19)11-24-7-9-25(10-8-24)29(26,27)15-6-4-3-5-14(15)20/h3-6H,7-11H2,1-2H3,(H2,21,22,23). The van der Waals surface area contributed by atoms with Crippen molar-refractivity contribution in [1.29, 1.82) is 0 Å². The van der Waals surface area contributed by atoms with Crippen LogP contribution in [0, 0.1) is 19.7 Å². The molecule has 3 heterocycles. The van der Waals surface area contributed by atoms with Gasteiger partial charge >= 0.3 is 0 Å². The molecule has 0 amide bonds. The second-order valence-electron chi connectivity index (χ2n) is 7.10. The minimum absolute atomic E-state index is 0.279. The van der Waals surface area contributed by atoms with Crippen LogP contribution in [0.15, 0.2) is 29.2 Å². The maximum atomic E-state index is 14.0. The summed E-state index contributed by atoms with van der Waals surface area (Å²) in [5, 5.41) is 0.914. The van der Waals surface area contributed by atoms with Crippen molar-refractivity contribution < 1.29 is 12.8 Å². The van der Waals surface area contributed by atoms with Crippen molar-refractivity contribution in [2.45, 2.75) is 25.3 Å². The van der Waals surface area contributed by atoms with Gasteiger partial charge in [-0.15, -0.1) is 11.3 Å². The Hall–Kier alpha value is -2.14. The fourth-order valence-corrected chi connectivity index (χ4v) is 6.06. The number of nitrogen functional groups attached to an aromatic ring is 1. The van der Waals surface area contributed by atoms with Crippen LogP contribution in [0.25, 0.3) is 10.2 Å². The van der Waals surface area contributed by atoms with Gasteiger partial charge in [0, 0.05) is 31.1 Å². The highest BCUT2D eigenvalue weighted by Gasteiger charge is 2.30. The smallest absolute Gasteiger partial charge is 0.246 e. The lowest BCUT2D eigenvalue weighted by atomic mass is 10.2. The topological polar surface area (TPSA) is 92.4 Å². The van der Waals surface area contributed by atoms with E-state index in [1.54, 1.807) is 11.3 Å². The maximum Gasteiger partial charge on any atom is 0.246 e. The number of piperazine rings is 1. The first-order chi connectivity index (χ1) is 13.8. The van der Waals surface area contributed by atoms with Crippen LogP contribution in [0.1, 0.15) is 16.3 Å². The lowest BCUT2D eigenvalue weighted by Crippen LogP contribution is -2.48. The van der Waals surface area contributed by atoms with Gasteiger partial charge in [-0.3, -0.25) is 4.90 Å². The summed E-state index contributed by atoms with van der Waals surface area (Å²) in [6, 6.07) is 5.46. The van der Waals surface area contributed by atoms with Crippen LogP contribution in [0.5, 0.6) is 0 Å². The molecule has 2 aromatic heterocycles. The van der Waals surface area contributed by atoms with Gasteiger partial charge in [-0.1, -0.05) is 12.1 Å². The molecular formula is C19H22FN5O2S2. The second kappa shape index (κ2) is 7.60. The van der Waals surface area contributed by atoms with E-state index in [2.05, 4.69) is 14.9 Å². The first kappa shape index (κ1) is 20.1. The molecular weight excluding hydrogens is 413 g/mol. The molecule has 0 atom stereocenters. The fourth-order valence-electron chi connectivity index (χ4n) is 3.52. The Bertz CT molecular complexity index is 1170. The summed E-state index contributed by atoms with van der Waals surface area (Å²) in [5.41, 5.74) is 7.26. The van der Waals surface area contributed by atoms with Crippen LogP contribution < -0.4 is 5.73 Å². The van der Waals surface area contributed by atoms with Crippen molar-refractivity contribution in [2.24, 2.45) is 0 Å². The predicted molar refractivity (Wildman–Crippen MR) is 112 cm³/mol. The third-order valence-electron chi connectivity index (χ3n) is 5.25. The number of thiophene rings is 1. The molecule has 29 heavy (non-hydrogen) atoms. The van der Waals surface area contributed by atoms with Crippen molar-refractivity contribution in [3.05, 3.63) is 46.3 Å². The fraction of sp³-hybridized carbons (Fsp3) is 0.368. The maximum absolute atomic E-state index is 14.0. The molecule has 2 N–H and O–H groups in total. The van der Waals surface area contributed by atoms with E-state index < -0.39 is 15.8 Å². The highest BCUT2D eigenvalue weighted by Crippen LogP contribution is 2.32. The van der Waals surface area contributed by atoms with Gasteiger partial charge in [0.1, 0.15) is 27.2 Å². The van der Waals surface area contributed by atoms with Gasteiger partial charge in [0.2, 0.25) is 10.0 Å². The van der Waals surface area contributed by atoms with E-state index in [1.807, 2.05) is 13.8 Å². The summed E-state index contributed by atoms with van der Waals surface area (Å²) in [6.07, 6.45) is 0. The largest absolute Gasteiger partial charge is 0.383 e.